The average Bonchev–Trinajstić information content (AvgIpc) is 2.82. The van der Waals surface area contributed by atoms with Crippen molar-refractivity contribution in [2.75, 3.05) is 19.6 Å². The van der Waals surface area contributed by atoms with E-state index in [-0.39, 0.29) is 25.5 Å². The van der Waals surface area contributed by atoms with Gasteiger partial charge in [0.25, 0.3) is 0 Å². The van der Waals surface area contributed by atoms with Gasteiger partial charge in [-0.25, -0.2) is 9.59 Å². The summed E-state index contributed by atoms with van der Waals surface area (Å²) >= 11 is 0. The van der Waals surface area contributed by atoms with Crippen molar-refractivity contribution in [1.82, 2.24) is 15.5 Å². The van der Waals surface area contributed by atoms with E-state index in [4.69, 9.17) is 4.74 Å². The Morgan fingerprint density at radius 3 is 2.50 bits per heavy atom. The number of amides is 3. The van der Waals surface area contributed by atoms with Crippen molar-refractivity contribution < 1.29 is 19.1 Å². The lowest BCUT2D eigenvalue weighted by Gasteiger charge is -2.25. The molecular weight excluding hydrogens is 310 g/mol. The molecule has 3 amide bonds. The second-order valence-electron chi connectivity index (χ2n) is 6.54. The number of esters is 1. The van der Waals surface area contributed by atoms with Crippen LogP contribution >= 0.6 is 0 Å². The van der Waals surface area contributed by atoms with Gasteiger partial charge in [0.1, 0.15) is 11.6 Å². The molecule has 1 aliphatic rings. The number of carbonyl (C=O) groups is 3. The molecule has 1 aliphatic heterocycles. The van der Waals surface area contributed by atoms with Gasteiger partial charge in [-0.15, -0.1) is 0 Å². The summed E-state index contributed by atoms with van der Waals surface area (Å²) in [6, 6.07) is 8.13. The Morgan fingerprint density at radius 1 is 1.29 bits per heavy atom. The summed E-state index contributed by atoms with van der Waals surface area (Å²) < 4.78 is 5.46. The first-order valence-electron chi connectivity index (χ1n) is 7.87. The fourth-order valence-corrected chi connectivity index (χ4v) is 2.35. The Bertz CT molecular complexity index is 594. The van der Waals surface area contributed by atoms with Crippen molar-refractivity contribution in [1.29, 1.82) is 0 Å². The normalized spacial score (nSPS) is 16.0. The zero-order valence-corrected chi connectivity index (χ0v) is 14.2. The van der Waals surface area contributed by atoms with Crippen LogP contribution < -0.4 is 10.6 Å². The number of benzene rings is 1. The topological polar surface area (TPSA) is 87.7 Å². The SMILES string of the molecule is CC(C)(C)OC(=O)[C@H](NCCN1C(=O)CNC1=O)c1ccccc1. The number of nitrogens with zero attached hydrogens (tertiary/aromatic N) is 1. The first-order valence-corrected chi connectivity index (χ1v) is 7.87. The second-order valence-corrected chi connectivity index (χ2v) is 6.54. The van der Waals surface area contributed by atoms with Crippen molar-refractivity contribution >= 4 is 17.9 Å². The van der Waals surface area contributed by atoms with Gasteiger partial charge >= 0.3 is 12.0 Å². The van der Waals surface area contributed by atoms with Crippen LogP contribution in [0.4, 0.5) is 4.79 Å². The van der Waals surface area contributed by atoms with Gasteiger partial charge in [-0.3, -0.25) is 15.0 Å². The minimum absolute atomic E-state index is 0.0208. The van der Waals surface area contributed by atoms with E-state index in [9.17, 15) is 14.4 Å². The van der Waals surface area contributed by atoms with Crippen molar-refractivity contribution in [2.24, 2.45) is 0 Å². The van der Waals surface area contributed by atoms with Crippen LogP contribution in [-0.2, 0) is 14.3 Å². The maximum atomic E-state index is 12.5. The van der Waals surface area contributed by atoms with Crippen LogP contribution in [0.3, 0.4) is 0 Å². The monoisotopic (exact) mass is 333 g/mol. The van der Waals surface area contributed by atoms with E-state index in [1.807, 2.05) is 30.3 Å². The molecule has 0 radical (unpaired) electrons. The van der Waals surface area contributed by atoms with Crippen LogP contribution in [0.15, 0.2) is 30.3 Å². The molecule has 2 N–H and O–H groups in total. The highest BCUT2D eigenvalue weighted by Crippen LogP contribution is 2.18. The van der Waals surface area contributed by atoms with Crippen molar-refractivity contribution in [3.8, 4) is 0 Å². The summed E-state index contributed by atoms with van der Waals surface area (Å²) in [6.45, 7) is 5.92. The molecule has 1 heterocycles. The van der Waals surface area contributed by atoms with Gasteiger partial charge in [-0.05, 0) is 26.3 Å². The number of hydrogen-bond acceptors (Lipinski definition) is 5. The second kappa shape index (κ2) is 7.44. The Kier molecular flexibility index (Phi) is 5.56. The highest BCUT2D eigenvalue weighted by Gasteiger charge is 2.30. The highest BCUT2D eigenvalue weighted by molar-refractivity contribution is 6.01. The summed E-state index contributed by atoms with van der Waals surface area (Å²) in [5.74, 6) is -0.666. The van der Waals surface area contributed by atoms with E-state index in [1.54, 1.807) is 20.8 Å². The summed E-state index contributed by atoms with van der Waals surface area (Å²) in [5, 5.41) is 5.54. The first kappa shape index (κ1) is 17.9. The Hall–Kier alpha value is -2.41. The predicted octanol–water partition coefficient (Wildman–Crippen LogP) is 1.21. The van der Waals surface area contributed by atoms with Crippen molar-refractivity contribution in [3.63, 3.8) is 0 Å². The number of imide groups is 1. The van der Waals surface area contributed by atoms with Gasteiger partial charge in [0.15, 0.2) is 0 Å². The lowest BCUT2D eigenvalue weighted by Crippen LogP contribution is -2.41. The molecule has 1 atom stereocenters. The number of nitrogens with one attached hydrogen (secondary N) is 2. The zero-order valence-electron chi connectivity index (χ0n) is 14.2. The van der Waals surface area contributed by atoms with Gasteiger partial charge in [-0.2, -0.15) is 0 Å². The molecule has 1 aromatic rings. The van der Waals surface area contributed by atoms with E-state index in [0.29, 0.717) is 0 Å². The zero-order chi connectivity index (χ0) is 17.7. The van der Waals surface area contributed by atoms with Gasteiger partial charge in [0.05, 0.1) is 6.54 Å². The molecule has 130 valence electrons. The molecule has 2 rings (SSSR count). The van der Waals surface area contributed by atoms with E-state index >= 15 is 0 Å². The average molecular weight is 333 g/mol. The van der Waals surface area contributed by atoms with Gasteiger partial charge < -0.3 is 10.1 Å². The van der Waals surface area contributed by atoms with Gasteiger partial charge in [0.2, 0.25) is 5.91 Å². The van der Waals surface area contributed by atoms with Crippen LogP contribution in [0, 0.1) is 0 Å². The molecule has 24 heavy (non-hydrogen) atoms. The predicted molar refractivity (Wildman–Crippen MR) is 88.1 cm³/mol. The van der Waals surface area contributed by atoms with E-state index in [1.165, 1.54) is 0 Å². The molecular formula is C17H23N3O4. The smallest absolute Gasteiger partial charge is 0.328 e. The van der Waals surface area contributed by atoms with Crippen LogP contribution in [0.2, 0.25) is 0 Å². The molecule has 7 heteroatoms. The molecule has 0 bridgehead atoms. The summed E-state index contributed by atoms with van der Waals surface area (Å²) in [5.41, 5.74) is 0.167. The molecule has 7 nitrogen and oxygen atoms in total. The first-order chi connectivity index (χ1) is 11.3. The Morgan fingerprint density at radius 2 is 1.96 bits per heavy atom. The minimum Gasteiger partial charge on any atom is -0.459 e. The fourth-order valence-electron chi connectivity index (χ4n) is 2.35. The Labute approximate surface area is 141 Å². The van der Waals surface area contributed by atoms with Crippen LogP contribution in [0.25, 0.3) is 0 Å². The van der Waals surface area contributed by atoms with Gasteiger partial charge in [0, 0.05) is 13.1 Å². The maximum absolute atomic E-state index is 12.5. The molecule has 1 aromatic carbocycles. The molecule has 0 saturated carbocycles. The van der Waals surface area contributed by atoms with Crippen LogP contribution in [0.5, 0.6) is 0 Å². The molecule has 0 spiro atoms. The lowest BCUT2D eigenvalue weighted by molar-refractivity contribution is -0.157. The minimum atomic E-state index is -0.661. The summed E-state index contributed by atoms with van der Waals surface area (Å²) in [6.07, 6.45) is 0. The summed E-state index contributed by atoms with van der Waals surface area (Å²) in [4.78, 5) is 36.7. The van der Waals surface area contributed by atoms with Crippen molar-refractivity contribution in [2.45, 2.75) is 32.4 Å². The molecule has 0 unspecified atom stereocenters. The third-order valence-corrected chi connectivity index (χ3v) is 3.40. The third kappa shape index (κ3) is 4.79. The molecule has 1 fully saturated rings. The fraction of sp³-hybridized carbons (Fsp3) is 0.471. The van der Waals surface area contributed by atoms with Crippen LogP contribution in [0.1, 0.15) is 32.4 Å². The Balaban J connectivity index is 2.02. The largest absolute Gasteiger partial charge is 0.459 e. The highest BCUT2D eigenvalue weighted by atomic mass is 16.6. The third-order valence-electron chi connectivity index (χ3n) is 3.40. The van der Waals surface area contributed by atoms with E-state index < -0.39 is 23.6 Å². The standard InChI is InChI=1S/C17H23N3O4/c1-17(2,3)24-15(22)14(12-7-5-4-6-8-12)18-9-10-20-13(21)11-19-16(20)23/h4-8,14,18H,9-11H2,1-3H3,(H,19,23)/t14-/m1/s1. The number of hydrogen-bond donors (Lipinski definition) is 2. The van der Waals surface area contributed by atoms with Crippen molar-refractivity contribution in [3.05, 3.63) is 35.9 Å². The number of carbonyl (C=O) groups excluding carboxylic acids is 3. The van der Waals surface area contributed by atoms with Gasteiger partial charge in [-0.1, -0.05) is 30.3 Å². The summed E-state index contributed by atoms with van der Waals surface area (Å²) in [7, 11) is 0. The van der Waals surface area contributed by atoms with E-state index in [2.05, 4.69) is 10.6 Å². The maximum Gasteiger partial charge on any atom is 0.328 e. The lowest BCUT2D eigenvalue weighted by atomic mass is 10.1. The molecule has 1 saturated heterocycles. The quantitative estimate of drug-likeness (QED) is 0.603. The van der Waals surface area contributed by atoms with E-state index in [0.717, 1.165) is 10.5 Å². The van der Waals surface area contributed by atoms with Crippen LogP contribution in [-0.4, -0.2) is 48.0 Å². The molecule has 0 aliphatic carbocycles. The number of urea groups is 1. The molecule has 0 aromatic heterocycles. The number of ether oxygens (including phenoxy) is 1. The number of rotatable bonds is 6.